The van der Waals surface area contributed by atoms with Gasteiger partial charge in [0.1, 0.15) is 11.6 Å². The molecule has 336 valence electrons. The number of nitrogens with zero attached hydrogens (tertiary/aromatic N) is 3. The minimum atomic E-state index is -3.93. The molecule has 0 amide bonds. The molecule has 2 aromatic heterocycles. The van der Waals surface area contributed by atoms with Gasteiger partial charge in [-0.15, -0.1) is 29.3 Å². The number of rotatable bonds is 6. The fraction of sp³-hybridized carbons (Fsp3) is 0.300. The first-order valence-electron chi connectivity index (χ1n) is 29.4. The summed E-state index contributed by atoms with van der Waals surface area (Å²) in [5, 5.41) is 11.9. The van der Waals surface area contributed by atoms with Gasteiger partial charge in [-0.2, -0.15) is 0 Å². The van der Waals surface area contributed by atoms with Gasteiger partial charge >= 0.3 is 0 Å². The van der Waals surface area contributed by atoms with Gasteiger partial charge in [-0.25, -0.2) is 4.98 Å². The van der Waals surface area contributed by atoms with Gasteiger partial charge < -0.3 is 5.11 Å². The predicted molar refractivity (Wildman–Crippen MR) is 271 cm³/mol. The van der Waals surface area contributed by atoms with Crippen molar-refractivity contribution in [3.05, 3.63) is 167 Å². The van der Waals surface area contributed by atoms with Gasteiger partial charge in [-0.1, -0.05) is 173 Å². The molecule has 0 spiro atoms. The third-order valence-electron chi connectivity index (χ3n) is 11.7. The van der Waals surface area contributed by atoms with Crippen molar-refractivity contribution in [3.63, 3.8) is 0 Å². The van der Waals surface area contributed by atoms with Crippen molar-refractivity contribution in [2.75, 3.05) is 0 Å². The molecule has 0 aliphatic carbocycles. The van der Waals surface area contributed by atoms with Crippen molar-refractivity contribution < 1.29 is 48.1 Å². The fourth-order valence-electron chi connectivity index (χ4n) is 7.92. The number of benzene rings is 6. The maximum absolute atomic E-state index is 11.9. The van der Waals surface area contributed by atoms with E-state index in [2.05, 4.69) is 99.6 Å². The zero-order chi connectivity index (χ0) is 59.7. The van der Waals surface area contributed by atoms with Gasteiger partial charge in [-0.3, -0.25) is 9.55 Å². The molecule has 1 N–H and O–H groups in total. The zero-order valence-electron chi connectivity index (χ0n) is 54.7. The quantitative estimate of drug-likeness (QED) is 0.169. The summed E-state index contributed by atoms with van der Waals surface area (Å²) >= 11 is 0. The molecule has 0 atom stereocenters. The Bertz CT molecular complexity index is 3730. The molecule has 0 saturated heterocycles. The van der Waals surface area contributed by atoms with E-state index in [1.54, 1.807) is 6.07 Å². The number of para-hydroxylation sites is 1. The Morgan fingerprint density at radius 2 is 1.25 bits per heavy atom. The van der Waals surface area contributed by atoms with Crippen LogP contribution in [0.25, 0.3) is 72.7 Å². The molecule has 0 saturated carbocycles. The number of imidazole rings is 1. The van der Waals surface area contributed by atoms with Gasteiger partial charge in [0.25, 0.3) is 0 Å². The first kappa shape index (κ1) is 30.6. The fourth-order valence-corrected chi connectivity index (χ4v) is 7.92. The Labute approximate surface area is 425 Å². The van der Waals surface area contributed by atoms with E-state index < -0.39 is 90.5 Å². The molecule has 0 aliphatic rings. The number of aryl methyl sites for hydroxylation is 2. The number of hydrogen-bond donors (Lipinski definition) is 1. The SMILES string of the molecule is [2H]c1nc(-c2[c-]c(-c3cccc4c3nc(-c3cc(C)cc(C)c3O)n4-c3ccc(C(C)(C)C)cc3-c3ccc(C(C)(C)C)cc3)cc(C(C)(C)C)c2)c([2H])c(-c2c([2H])c([2H])c(C(C([2H])([2H])[2H])(C([2H])([2H])[2H])C([2H])([2H])[2H])c([2H])c2[2H])c1[2H].[Pt]. The maximum atomic E-state index is 11.9. The van der Waals surface area contributed by atoms with E-state index in [-0.39, 0.29) is 48.9 Å². The molecule has 8 rings (SSSR count). The second-order valence-electron chi connectivity index (χ2n) is 19.9. The Morgan fingerprint density at radius 1 is 0.600 bits per heavy atom. The third-order valence-corrected chi connectivity index (χ3v) is 11.7. The molecule has 0 bridgehead atoms. The Hall–Kier alpha value is -5.57. The molecule has 0 radical (unpaired) electrons. The predicted octanol–water partition coefficient (Wildman–Crippen LogP) is 16.1. The summed E-state index contributed by atoms with van der Waals surface area (Å²) in [4.78, 5) is 9.81. The van der Waals surface area contributed by atoms with Crippen LogP contribution in [0.3, 0.4) is 0 Å². The van der Waals surface area contributed by atoms with E-state index in [9.17, 15) is 9.22 Å². The van der Waals surface area contributed by atoms with Gasteiger partial charge in [0.05, 0.1) is 31.9 Å². The molecular formula is C60H64N3OPt-. The van der Waals surface area contributed by atoms with E-state index in [0.29, 0.717) is 44.7 Å². The van der Waals surface area contributed by atoms with Crippen LogP contribution in [0.1, 0.15) is 138 Å². The van der Waals surface area contributed by atoms with E-state index in [0.717, 1.165) is 27.9 Å². The van der Waals surface area contributed by atoms with Crippen molar-refractivity contribution in [1.29, 1.82) is 0 Å². The summed E-state index contributed by atoms with van der Waals surface area (Å²) in [6.45, 7) is 10.9. The first-order valence-corrected chi connectivity index (χ1v) is 21.4. The second kappa shape index (κ2) is 17.3. The standard InChI is InChI=1S/C60H64N3O.Pt/c1-37-30-38(2)55(64)50(31-37)56-62-54-48(16-15-17-53(54)63(56)52-27-26-46(59(9,10)11)36-49(52)40-20-24-45(25-21-40)58(6,7)8)42-32-43(34-47(33-42)60(12,13)14)51-35-41(28-29-61-51)39-18-22-44(23-19-39)57(3,4)5;/h15-31,33-36,64H,1-14H3;/q-1;/i3D3,4D3,5D3,18D,19D,22D,23D,28D,29D,35D;. The topological polar surface area (TPSA) is 50.9 Å². The Balaban J connectivity index is 0.00000946. The van der Waals surface area contributed by atoms with Crippen molar-refractivity contribution >= 4 is 11.0 Å². The van der Waals surface area contributed by atoms with Crippen molar-refractivity contribution in [2.45, 2.75) is 118 Å². The van der Waals surface area contributed by atoms with Gasteiger partial charge in [0.2, 0.25) is 0 Å². The number of pyridine rings is 1. The Kier molecular flexibility index (Phi) is 8.16. The van der Waals surface area contributed by atoms with Crippen molar-refractivity contribution in [1.82, 2.24) is 14.5 Å². The monoisotopic (exact) mass is 1050 g/mol. The molecule has 65 heavy (non-hydrogen) atoms. The summed E-state index contributed by atoms with van der Waals surface area (Å²) in [6.07, 6.45) is -0.745. The van der Waals surface area contributed by atoms with Crippen LogP contribution in [-0.4, -0.2) is 19.6 Å². The average Bonchev–Trinajstić information content (AvgIpc) is 2.59. The van der Waals surface area contributed by atoms with E-state index >= 15 is 0 Å². The van der Waals surface area contributed by atoms with Crippen LogP contribution >= 0.6 is 0 Å². The van der Waals surface area contributed by atoms with Crippen molar-refractivity contribution in [2.24, 2.45) is 0 Å². The number of aromatic nitrogens is 3. The summed E-state index contributed by atoms with van der Waals surface area (Å²) in [5.41, 5.74) is 2.20. The normalized spacial score (nSPS) is 16.5. The number of hydrogen-bond acceptors (Lipinski definition) is 3. The summed E-state index contributed by atoms with van der Waals surface area (Å²) in [5.74, 6) is 0.501. The van der Waals surface area contributed by atoms with Crippen molar-refractivity contribution in [3.8, 4) is 67.5 Å². The van der Waals surface area contributed by atoms with Crippen LogP contribution in [0.4, 0.5) is 0 Å². The average molecular weight is 1050 g/mol. The summed E-state index contributed by atoms with van der Waals surface area (Å²) in [7, 11) is 0. The first-order chi connectivity index (χ1) is 36.6. The van der Waals surface area contributed by atoms with E-state index in [1.165, 1.54) is 5.56 Å². The van der Waals surface area contributed by atoms with Gasteiger partial charge in [-0.05, 0) is 110 Å². The largest absolute Gasteiger partial charge is 0.507 e. The number of phenols is 1. The smallest absolute Gasteiger partial charge is 0.148 e. The van der Waals surface area contributed by atoms with Gasteiger partial charge in [0, 0.05) is 50.8 Å². The molecule has 0 aliphatic heterocycles. The minimum absolute atomic E-state index is 0. The molecule has 0 unspecified atom stereocenters. The van der Waals surface area contributed by atoms with Crippen LogP contribution in [-0.2, 0) is 42.7 Å². The van der Waals surface area contributed by atoms with E-state index in [1.807, 2.05) is 71.0 Å². The van der Waals surface area contributed by atoms with E-state index in [4.69, 9.17) is 22.8 Å². The molecule has 8 aromatic rings. The summed E-state index contributed by atoms with van der Waals surface area (Å²) in [6, 6.07) is 25.2. The van der Waals surface area contributed by atoms with Crippen LogP contribution in [0.15, 0.2) is 127 Å². The molecule has 4 nitrogen and oxygen atoms in total. The summed E-state index contributed by atoms with van der Waals surface area (Å²) < 4.78 is 140. The van der Waals surface area contributed by atoms with Gasteiger partial charge in [0.15, 0.2) is 0 Å². The molecule has 6 aromatic carbocycles. The van der Waals surface area contributed by atoms with Crippen LogP contribution in [0, 0.1) is 19.9 Å². The molecular weight excluding hydrogens is 974 g/mol. The number of aromatic hydroxyl groups is 1. The molecule has 5 heteroatoms. The molecule has 0 fully saturated rings. The Morgan fingerprint density at radius 3 is 1.89 bits per heavy atom. The number of phenolic OH excluding ortho intramolecular Hbond substituents is 1. The van der Waals surface area contributed by atoms with Crippen LogP contribution in [0.5, 0.6) is 5.75 Å². The number of fused-ring (bicyclic) bond motifs is 1. The van der Waals surface area contributed by atoms with Crippen LogP contribution in [0.2, 0.25) is 0 Å². The maximum Gasteiger partial charge on any atom is 0.148 e. The minimum Gasteiger partial charge on any atom is -0.507 e. The third kappa shape index (κ3) is 9.57. The second-order valence-corrected chi connectivity index (χ2v) is 19.9. The zero-order valence-corrected chi connectivity index (χ0v) is 41.0. The molecule has 2 heterocycles. The van der Waals surface area contributed by atoms with Crippen LogP contribution < -0.4 is 0 Å².